The number of benzene rings is 1. The number of halogens is 1. The van der Waals surface area contributed by atoms with Crippen molar-refractivity contribution in [2.45, 2.75) is 36.9 Å². The van der Waals surface area contributed by atoms with Gasteiger partial charge in [-0.05, 0) is 24.6 Å². The molecule has 1 N–H and O–H groups in total. The van der Waals surface area contributed by atoms with Crippen LogP contribution in [0.5, 0.6) is 0 Å². The molecule has 0 radical (unpaired) electrons. The molecule has 0 unspecified atom stereocenters. The standard InChI is InChI=1S/C19H18FN5O4S/c20-15-6-2-1-4-13(15)12-25-16(7-8-18(25)26)19-23-17(24-29-19)11-22-30(27,28)14-5-3-9-21-10-14/h1-6,9-10,16,22H,7-8,11-12H2/t16-/m0/s1. The van der Waals surface area contributed by atoms with Crippen LogP contribution in [-0.2, 0) is 27.9 Å². The van der Waals surface area contributed by atoms with Gasteiger partial charge in [0.05, 0.1) is 6.54 Å². The maximum atomic E-state index is 14.0. The molecule has 0 aliphatic carbocycles. The van der Waals surface area contributed by atoms with E-state index in [1.54, 1.807) is 18.2 Å². The van der Waals surface area contributed by atoms with Crippen molar-refractivity contribution in [3.05, 3.63) is 71.9 Å². The number of aromatic nitrogens is 3. The Labute approximate surface area is 172 Å². The summed E-state index contributed by atoms with van der Waals surface area (Å²) in [7, 11) is -3.77. The number of hydrogen-bond donors (Lipinski definition) is 1. The summed E-state index contributed by atoms with van der Waals surface area (Å²) in [6.45, 7) is -0.101. The summed E-state index contributed by atoms with van der Waals surface area (Å²) in [4.78, 5) is 21.8. The molecule has 0 spiro atoms. The Hall–Kier alpha value is -3.18. The minimum absolute atomic E-state index is 0.0196. The van der Waals surface area contributed by atoms with E-state index in [0.717, 1.165) is 0 Å². The molecule has 1 fully saturated rings. The normalized spacial score (nSPS) is 16.9. The minimum atomic E-state index is -3.77. The van der Waals surface area contributed by atoms with Crippen molar-refractivity contribution in [3.63, 3.8) is 0 Å². The summed E-state index contributed by atoms with van der Waals surface area (Å²) in [6.07, 6.45) is 3.44. The summed E-state index contributed by atoms with van der Waals surface area (Å²) in [5.41, 5.74) is 0.390. The predicted octanol–water partition coefficient (Wildman–Crippen LogP) is 1.95. The predicted molar refractivity (Wildman–Crippen MR) is 101 cm³/mol. The highest BCUT2D eigenvalue weighted by Crippen LogP contribution is 2.33. The second-order valence-electron chi connectivity index (χ2n) is 6.73. The van der Waals surface area contributed by atoms with Gasteiger partial charge in [-0.2, -0.15) is 4.98 Å². The van der Waals surface area contributed by atoms with Gasteiger partial charge in [0.15, 0.2) is 5.82 Å². The second-order valence-corrected chi connectivity index (χ2v) is 8.50. The number of carbonyl (C=O) groups excluding carboxylic acids is 1. The number of rotatable bonds is 7. The van der Waals surface area contributed by atoms with Crippen molar-refractivity contribution in [3.8, 4) is 0 Å². The summed E-state index contributed by atoms with van der Waals surface area (Å²) < 4.78 is 46.2. The average molecular weight is 431 g/mol. The van der Waals surface area contributed by atoms with Crippen molar-refractivity contribution in [2.75, 3.05) is 0 Å². The molecule has 3 heterocycles. The molecular weight excluding hydrogens is 413 g/mol. The van der Waals surface area contributed by atoms with Crippen LogP contribution in [0.25, 0.3) is 0 Å². The molecule has 11 heteroatoms. The highest BCUT2D eigenvalue weighted by Gasteiger charge is 2.36. The molecule has 9 nitrogen and oxygen atoms in total. The first-order chi connectivity index (χ1) is 14.4. The monoisotopic (exact) mass is 431 g/mol. The molecule has 4 rings (SSSR count). The van der Waals surface area contributed by atoms with Gasteiger partial charge >= 0.3 is 0 Å². The number of carbonyl (C=O) groups is 1. The van der Waals surface area contributed by atoms with E-state index in [1.807, 2.05) is 0 Å². The van der Waals surface area contributed by atoms with Gasteiger partial charge in [0, 0.05) is 30.9 Å². The Morgan fingerprint density at radius 2 is 2.07 bits per heavy atom. The van der Waals surface area contributed by atoms with E-state index in [0.29, 0.717) is 12.0 Å². The maximum absolute atomic E-state index is 14.0. The largest absolute Gasteiger partial charge is 0.337 e. The first-order valence-corrected chi connectivity index (χ1v) is 10.7. The molecule has 1 aromatic carbocycles. The summed E-state index contributed by atoms with van der Waals surface area (Å²) in [5, 5.41) is 3.80. The molecule has 0 saturated carbocycles. The van der Waals surface area contributed by atoms with E-state index >= 15 is 0 Å². The average Bonchev–Trinajstić information content (AvgIpc) is 3.36. The van der Waals surface area contributed by atoms with Crippen LogP contribution < -0.4 is 4.72 Å². The SMILES string of the molecule is O=C1CC[C@@H](c2nc(CNS(=O)(=O)c3cccnc3)no2)N1Cc1ccccc1F. The number of nitrogens with one attached hydrogen (secondary N) is 1. The number of sulfonamides is 1. The van der Waals surface area contributed by atoms with E-state index in [2.05, 4.69) is 19.8 Å². The molecule has 1 saturated heterocycles. The van der Waals surface area contributed by atoms with Crippen molar-refractivity contribution in [1.82, 2.24) is 24.7 Å². The Kier molecular flexibility index (Phi) is 5.55. The zero-order valence-electron chi connectivity index (χ0n) is 15.7. The topological polar surface area (TPSA) is 118 Å². The third-order valence-electron chi connectivity index (χ3n) is 4.76. The third kappa shape index (κ3) is 4.21. The van der Waals surface area contributed by atoms with Gasteiger partial charge in [-0.15, -0.1) is 0 Å². The van der Waals surface area contributed by atoms with Gasteiger partial charge < -0.3 is 9.42 Å². The highest BCUT2D eigenvalue weighted by atomic mass is 32.2. The summed E-state index contributed by atoms with van der Waals surface area (Å²) in [6, 6.07) is 8.68. The molecule has 1 aliphatic rings. The first kappa shape index (κ1) is 20.1. The lowest BCUT2D eigenvalue weighted by molar-refractivity contribution is -0.130. The molecule has 1 amide bonds. The molecule has 2 aromatic heterocycles. The number of amides is 1. The molecule has 1 atom stereocenters. The zero-order chi connectivity index (χ0) is 21.1. The van der Waals surface area contributed by atoms with Crippen LogP contribution in [0.15, 0.2) is 58.2 Å². The summed E-state index contributed by atoms with van der Waals surface area (Å²) >= 11 is 0. The van der Waals surface area contributed by atoms with E-state index in [-0.39, 0.29) is 42.0 Å². The summed E-state index contributed by atoms with van der Waals surface area (Å²) in [5.74, 6) is -0.220. The lowest BCUT2D eigenvalue weighted by Crippen LogP contribution is -2.28. The van der Waals surface area contributed by atoms with E-state index < -0.39 is 21.9 Å². The van der Waals surface area contributed by atoms with Gasteiger partial charge in [0.25, 0.3) is 0 Å². The molecule has 1 aliphatic heterocycles. The Morgan fingerprint density at radius 1 is 1.23 bits per heavy atom. The molecule has 156 valence electrons. The Morgan fingerprint density at radius 3 is 2.83 bits per heavy atom. The third-order valence-corrected chi connectivity index (χ3v) is 6.15. The Balaban J connectivity index is 1.46. The van der Waals surface area contributed by atoms with Crippen LogP contribution >= 0.6 is 0 Å². The smallest absolute Gasteiger partial charge is 0.249 e. The van der Waals surface area contributed by atoms with Crippen LogP contribution in [0.3, 0.4) is 0 Å². The lowest BCUT2D eigenvalue weighted by Gasteiger charge is -2.22. The van der Waals surface area contributed by atoms with Crippen molar-refractivity contribution < 1.29 is 22.1 Å². The Bertz CT molecular complexity index is 1150. The number of likely N-dealkylation sites (tertiary alicyclic amines) is 1. The molecular formula is C19H18FN5O4S. The fourth-order valence-corrected chi connectivity index (χ4v) is 4.17. The minimum Gasteiger partial charge on any atom is -0.337 e. The van der Waals surface area contributed by atoms with Crippen molar-refractivity contribution in [2.24, 2.45) is 0 Å². The molecule has 0 bridgehead atoms. The van der Waals surface area contributed by atoms with Crippen LogP contribution in [0.4, 0.5) is 4.39 Å². The second kappa shape index (κ2) is 8.28. The number of pyridine rings is 1. The maximum Gasteiger partial charge on any atom is 0.249 e. The zero-order valence-corrected chi connectivity index (χ0v) is 16.5. The van der Waals surface area contributed by atoms with Gasteiger partial charge in [-0.3, -0.25) is 9.78 Å². The number of nitrogens with zero attached hydrogens (tertiary/aromatic N) is 4. The van der Waals surface area contributed by atoms with Crippen LogP contribution in [-0.4, -0.2) is 34.3 Å². The molecule has 30 heavy (non-hydrogen) atoms. The quantitative estimate of drug-likeness (QED) is 0.607. The lowest BCUT2D eigenvalue weighted by atomic mass is 10.1. The molecule has 3 aromatic rings. The van der Waals surface area contributed by atoms with Gasteiger partial charge in [0.2, 0.25) is 21.8 Å². The first-order valence-electron chi connectivity index (χ1n) is 9.19. The van der Waals surface area contributed by atoms with Crippen LogP contribution in [0, 0.1) is 5.82 Å². The number of hydrogen-bond acceptors (Lipinski definition) is 7. The van der Waals surface area contributed by atoms with Gasteiger partial charge in [-0.1, -0.05) is 23.4 Å². The van der Waals surface area contributed by atoms with Crippen LogP contribution in [0.2, 0.25) is 0 Å². The van der Waals surface area contributed by atoms with Gasteiger partial charge in [-0.25, -0.2) is 17.5 Å². The fourth-order valence-electron chi connectivity index (χ4n) is 3.22. The van der Waals surface area contributed by atoms with E-state index in [1.165, 1.54) is 35.5 Å². The highest BCUT2D eigenvalue weighted by molar-refractivity contribution is 7.89. The van der Waals surface area contributed by atoms with Crippen LogP contribution in [0.1, 0.15) is 36.2 Å². The van der Waals surface area contributed by atoms with Gasteiger partial charge in [0.1, 0.15) is 16.8 Å². The van der Waals surface area contributed by atoms with Crippen molar-refractivity contribution >= 4 is 15.9 Å². The fraction of sp³-hybridized carbons (Fsp3) is 0.263. The van der Waals surface area contributed by atoms with E-state index in [4.69, 9.17) is 4.52 Å². The van der Waals surface area contributed by atoms with Crippen molar-refractivity contribution in [1.29, 1.82) is 0 Å². The van der Waals surface area contributed by atoms with E-state index in [9.17, 15) is 17.6 Å².